The molecule has 1 N–H and O–H groups in total. The fraction of sp³-hybridized carbons (Fsp3) is 0.455. The first-order valence-electron chi connectivity index (χ1n) is 5.51. The van der Waals surface area contributed by atoms with Crippen LogP contribution in [-0.2, 0) is 0 Å². The van der Waals surface area contributed by atoms with Crippen molar-refractivity contribution in [1.29, 1.82) is 0 Å². The van der Waals surface area contributed by atoms with Gasteiger partial charge in [-0.2, -0.15) is 0 Å². The number of rotatable bonds is 1. The maximum absolute atomic E-state index is 4.46. The molecule has 0 amide bonds. The summed E-state index contributed by atoms with van der Waals surface area (Å²) < 4.78 is 0. The van der Waals surface area contributed by atoms with E-state index in [9.17, 15) is 0 Å². The van der Waals surface area contributed by atoms with Crippen LogP contribution in [0.25, 0.3) is 10.2 Å². The Morgan fingerprint density at radius 1 is 1.31 bits per heavy atom. The van der Waals surface area contributed by atoms with E-state index >= 15 is 0 Å². The highest BCUT2D eigenvalue weighted by atomic mass is 32.1. The SMILES string of the molecule is Cc1csc2ncnc(N3CCNCC3)c12. The molecule has 1 aliphatic rings. The number of anilines is 1. The van der Waals surface area contributed by atoms with Gasteiger partial charge in [0.1, 0.15) is 17.0 Å². The number of nitrogens with one attached hydrogen (secondary N) is 1. The number of fused-ring (bicyclic) bond motifs is 1. The van der Waals surface area contributed by atoms with Crippen LogP contribution in [0.1, 0.15) is 5.56 Å². The summed E-state index contributed by atoms with van der Waals surface area (Å²) in [5, 5.41) is 6.75. The van der Waals surface area contributed by atoms with Gasteiger partial charge in [-0.25, -0.2) is 9.97 Å². The number of piperazine rings is 1. The van der Waals surface area contributed by atoms with Crippen molar-refractivity contribution in [1.82, 2.24) is 15.3 Å². The predicted octanol–water partition coefficient (Wildman–Crippen LogP) is 1.41. The molecule has 2 aromatic rings. The molecular weight excluding hydrogens is 220 g/mol. The first-order chi connectivity index (χ1) is 7.86. The molecule has 5 heteroatoms. The van der Waals surface area contributed by atoms with Crippen LogP contribution in [-0.4, -0.2) is 36.1 Å². The van der Waals surface area contributed by atoms with E-state index in [4.69, 9.17) is 0 Å². The zero-order chi connectivity index (χ0) is 11.0. The van der Waals surface area contributed by atoms with Gasteiger partial charge in [0.25, 0.3) is 0 Å². The molecule has 84 valence electrons. The minimum absolute atomic E-state index is 1.03. The molecule has 1 aliphatic heterocycles. The lowest BCUT2D eigenvalue weighted by Crippen LogP contribution is -2.44. The van der Waals surface area contributed by atoms with Crippen LogP contribution in [0.15, 0.2) is 11.7 Å². The number of hydrogen-bond acceptors (Lipinski definition) is 5. The third-order valence-corrected chi connectivity index (χ3v) is 3.95. The summed E-state index contributed by atoms with van der Waals surface area (Å²) in [6.07, 6.45) is 1.68. The topological polar surface area (TPSA) is 41.1 Å². The fourth-order valence-electron chi connectivity index (χ4n) is 2.11. The maximum atomic E-state index is 4.46. The molecule has 0 aromatic carbocycles. The molecule has 0 radical (unpaired) electrons. The third-order valence-electron chi connectivity index (χ3n) is 2.95. The van der Waals surface area contributed by atoms with Crippen LogP contribution in [0.4, 0.5) is 5.82 Å². The van der Waals surface area contributed by atoms with E-state index in [-0.39, 0.29) is 0 Å². The summed E-state index contributed by atoms with van der Waals surface area (Å²) >= 11 is 1.70. The van der Waals surface area contributed by atoms with E-state index in [2.05, 4.69) is 32.5 Å². The molecule has 0 unspecified atom stereocenters. The number of aryl methyl sites for hydroxylation is 1. The van der Waals surface area contributed by atoms with Gasteiger partial charge in [-0.05, 0) is 17.9 Å². The normalized spacial score (nSPS) is 16.9. The second-order valence-electron chi connectivity index (χ2n) is 4.03. The van der Waals surface area contributed by atoms with Gasteiger partial charge < -0.3 is 10.2 Å². The van der Waals surface area contributed by atoms with Crippen molar-refractivity contribution < 1.29 is 0 Å². The molecule has 3 rings (SSSR count). The Hall–Kier alpha value is -1.20. The van der Waals surface area contributed by atoms with Crippen molar-refractivity contribution in [2.45, 2.75) is 6.92 Å². The van der Waals surface area contributed by atoms with Crippen molar-refractivity contribution in [3.63, 3.8) is 0 Å². The Labute approximate surface area is 98.3 Å². The van der Waals surface area contributed by atoms with Crippen LogP contribution >= 0.6 is 11.3 Å². The fourth-order valence-corrected chi connectivity index (χ4v) is 3.00. The van der Waals surface area contributed by atoms with Crippen LogP contribution in [0.2, 0.25) is 0 Å². The summed E-state index contributed by atoms with van der Waals surface area (Å²) in [4.78, 5) is 12.2. The van der Waals surface area contributed by atoms with Crippen molar-refractivity contribution in [2.24, 2.45) is 0 Å². The Balaban J connectivity index is 2.10. The molecule has 4 nitrogen and oxygen atoms in total. The average molecular weight is 234 g/mol. The van der Waals surface area contributed by atoms with Gasteiger partial charge in [0, 0.05) is 26.2 Å². The average Bonchev–Trinajstić information content (AvgIpc) is 2.73. The van der Waals surface area contributed by atoms with Gasteiger partial charge in [0.05, 0.1) is 5.39 Å². The summed E-state index contributed by atoms with van der Waals surface area (Å²) in [5.74, 6) is 1.10. The molecule has 1 fully saturated rings. The summed E-state index contributed by atoms with van der Waals surface area (Å²) in [5.41, 5.74) is 1.29. The van der Waals surface area contributed by atoms with Crippen molar-refractivity contribution >= 4 is 27.4 Å². The molecule has 2 aromatic heterocycles. The lowest BCUT2D eigenvalue weighted by molar-refractivity contribution is 0.586. The van der Waals surface area contributed by atoms with E-state index in [1.54, 1.807) is 17.7 Å². The Bertz CT molecular complexity index is 502. The van der Waals surface area contributed by atoms with Crippen molar-refractivity contribution in [3.05, 3.63) is 17.3 Å². The number of thiophene rings is 1. The first kappa shape index (κ1) is 9.99. The zero-order valence-electron chi connectivity index (χ0n) is 9.23. The van der Waals surface area contributed by atoms with Gasteiger partial charge in [-0.15, -0.1) is 11.3 Å². The third kappa shape index (κ3) is 1.56. The highest BCUT2D eigenvalue weighted by Gasteiger charge is 2.16. The molecule has 0 saturated carbocycles. The monoisotopic (exact) mass is 234 g/mol. The lowest BCUT2D eigenvalue weighted by atomic mass is 10.2. The van der Waals surface area contributed by atoms with Gasteiger partial charge in [0.15, 0.2) is 0 Å². The molecule has 0 bridgehead atoms. The minimum Gasteiger partial charge on any atom is -0.353 e. The van der Waals surface area contributed by atoms with Crippen molar-refractivity contribution in [2.75, 3.05) is 31.1 Å². The molecule has 0 aliphatic carbocycles. The highest BCUT2D eigenvalue weighted by molar-refractivity contribution is 7.17. The number of nitrogens with zero attached hydrogens (tertiary/aromatic N) is 3. The van der Waals surface area contributed by atoms with Crippen LogP contribution < -0.4 is 10.2 Å². The van der Waals surface area contributed by atoms with Gasteiger partial charge in [-0.3, -0.25) is 0 Å². The van der Waals surface area contributed by atoms with Crippen LogP contribution in [0, 0.1) is 6.92 Å². The summed E-state index contributed by atoms with van der Waals surface area (Å²) in [6, 6.07) is 0. The van der Waals surface area contributed by atoms with Crippen LogP contribution in [0.3, 0.4) is 0 Å². The molecule has 0 atom stereocenters. The molecule has 16 heavy (non-hydrogen) atoms. The predicted molar refractivity (Wildman–Crippen MR) is 67.2 cm³/mol. The minimum atomic E-state index is 1.03. The molecule has 3 heterocycles. The first-order valence-corrected chi connectivity index (χ1v) is 6.38. The summed E-state index contributed by atoms with van der Waals surface area (Å²) in [6.45, 7) is 6.26. The second-order valence-corrected chi connectivity index (χ2v) is 4.89. The Morgan fingerprint density at radius 3 is 2.94 bits per heavy atom. The molecule has 0 spiro atoms. The number of aromatic nitrogens is 2. The maximum Gasteiger partial charge on any atom is 0.141 e. The van der Waals surface area contributed by atoms with Gasteiger partial charge >= 0.3 is 0 Å². The Kier molecular flexibility index (Phi) is 2.49. The van der Waals surface area contributed by atoms with Crippen LogP contribution in [0.5, 0.6) is 0 Å². The lowest BCUT2D eigenvalue weighted by Gasteiger charge is -2.28. The second kappa shape index (κ2) is 3.99. The molecular formula is C11H14N4S. The standard InChI is InChI=1S/C11H14N4S/c1-8-6-16-11-9(8)10(13-7-14-11)15-4-2-12-3-5-15/h6-7,12H,2-5H2,1H3. The van der Waals surface area contributed by atoms with Crippen molar-refractivity contribution in [3.8, 4) is 0 Å². The smallest absolute Gasteiger partial charge is 0.141 e. The number of hydrogen-bond donors (Lipinski definition) is 1. The van der Waals surface area contributed by atoms with E-state index in [1.165, 1.54) is 10.9 Å². The van der Waals surface area contributed by atoms with Gasteiger partial charge in [0.2, 0.25) is 0 Å². The van der Waals surface area contributed by atoms with E-state index < -0.39 is 0 Å². The quantitative estimate of drug-likeness (QED) is 0.810. The van der Waals surface area contributed by atoms with E-state index in [1.807, 2.05) is 0 Å². The zero-order valence-corrected chi connectivity index (χ0v) is 10.0. The molecule has 1 saturated heterocycles. The Morgan fingerprint density at radius 2 is 2.12 bits per heavy atom. The summed E-state index contributed by atoms with van der Waals surface area (Å²) in [7, 11) is 0. The highest BCUT2D eigenvalue weighted by Crippen LogP contribution is 2.30. The van der Waals surface area contributed by atoms with Gasteiger partial charge in [-0.1, -0.05) is 0 Å². The largest absolute Gasteiger partial charge is 0.353 e. The van der Waals surface area contributed by atoms with E-state index in [0.717, 1.165) is 36.8 Å². The van der Waals surface area contributed by atoms with E-state index in [0.29, 0.717) is 0 Å².